The molecule has 3 amide bonds. The molecule has 0 bridgehead atoms. The van der Waals surface area contributed by atoms with E-state index in [1.165, 1.54) is 18.2 Å². The van der Waals surface area contributed by atoms with Gasteiger partial charge in [0.15, 0.2) is 17.9 Å². The molecule has 268 valence electrons. The molecular weight excluding hydrogens is 668 g/mol. The number of amides is 3. The van der Waals surface area contributed by atoms with Crippen LogP contribution in [-0.4, -0.2) is 124 Å². The number of carbonyl (C=O) groups is 5. The van der Waals surface area contributed by atoms with E-state index < -0.39 is 88.9 Å². The number of nitrogens with zero attached hydrogens (tertiary/aromatic N) is 2. The average Bonchev–Trinajstić information content (AvgIpc) is 3.63. The number of aliphatic hydroxyl groups is 1. The molecule has 0 spiro atoms. The predicted octanol–water partition coefficient (Wildman–Crippen LogP) is -0.208. The van der Waals surface area contributed by atoms with Gasteiger partial charge in [-0.25, -0.2) is 0 Å². The van der Waals surface area contributed by atoms with Crippen LogP contribution in [0.1, 0.15) is 68.8 Å². The first-order valence-electron chi connectivity index (χ1n) is 16.8. The number of morpholine rings is 1. The molecule has 3 fully saturated rings. The summed E-state index contributed by atoms with van der Waals surface area (Å²) < 4.78 is 24.5. The summed E-state index contributed by atoms with van der Waals surface area (Å²) in [7, 11) is 0. The molecule has 0 saturated carbocycles. The van der Waals surface area contributed by atoms with Gasteiger partial charge in [0.2, 0.25) is 0 Å². The normalized spacial score (nSPS) is 31.2. The first-order valence-corrected chi connectivity index (χ1v) is 16.8. The van der Waals surface area contributed by atoms with E-state index in [-0.39, 0.29) is 59.4 Å². The fourth-order valence-electron chi connectivity index (χ4n) is 8.28. The summed E-state index contributed by atoms with van der Waals surface area (Å²) >= 11 is 0. The van der Waals surface area contributed by atoms with E-state index in [0.717, 1.165) is 17.1 Å². The number of ketones is 2. The maximum absolute atomic E-state index is 13.9. The van der Waals surface area contributed by atoms with E-state index in [0.29, 0.717) is 26.2 Å². The van der Waals surface area contributed by atoms with E-state index in [1.54, 1.807) is 0 Å². The Hall–Kier alpha value is -4.71. The van der Waals surface area contributed by atoms with Gasteiger partial charge in [0.05, 0.1) is 42.1 Å². The number of aromatic hydroxyl groups is 2. The summed E-state index contributed by atoms with van der Waals surface area (Å²) in [6, 6.07) is 4.19. The maximum atomic E-state index is 13.9. The zero-order chi connectivity index (χ0) is 35.9. The molecule has 3 saturated heterocycles. The lowest BCUT2D eigenvalue weighted by molar-refractivity contribution is -0.247. The third-order valence-electron chi connectivity index (χ3n) is 10.7. The van der Waals surface area contributed by atoms with Gasteiger partial charge in [-0.1, -0.05) is 12.1 Å². The third-order valence-corrected chi connectivity index (χ3v) is 10.7. The van der Waals surface area contributed by atoms with Crippen molar-refractivity contribution in [3.05, 3.63) is 63.7 Å². The van der Waals surface area contributed by atoms with Crippen molar-refractivity contribution < 1.29 is 58.2 Å². The van der Waals surface area contributed by atoms with Crippen molar-refractivity contribution in [2.75, 3.05) is 38.6 Å². The lowest BCUT2D eigenvalue weighted by Crippen LogP contribution is -2.54. The first-order chi connectivity index (χ1) is 24.4. The van der Waals surface area contributed by atoms with Crippen LogP contribution in [0.2, 0.25) is 0 Å². The molecule has 7 atom stereocenters. The van der Waals surface area contributed by atoms with Gasteiger partial charge in [-0.15, -0.1) is 0 Å². The van der Waals surface area contributed by atoms with Crippen molar-refractivity contribution in [3.8, 4) is 11.5 Å². The van der Waals surface area contributed by atoms with Crippen LogP contribution in [0.5, 0.6) is 11.5 Å². The standard InChI is InChI=1S/C35H36N4O12/c1-15-33-19(38-9-10-48-14-23(38)51-33)11-24(49-15)50-20-13-35(47,34(46)37-7-8-39-21(40)5-6-22(39)41)12-17-26(20)32(45)28-27(30(17)43)29(42)16-3-2-4-18(36)25(16)31(28)44/h2-6,15,19-20,23-24,33,43,45,47H,7-14,36H2,1H3,(H,37,46)/t15-,19-,20-,23+,24?,33+,35-/m0/s1. The summed E-state index contributed by atoms with van der Waals surface area (Å²) in [6.45, 7) is 3.03. The van der Waals surface area contributed by atoms with E-state index >= 15 is 0 Å². The number of anilines is 1. The zero-order valence-electron chi connectivity index (χ0n) is 27.5. The van der Waals surface area contributed by atoms with Gasteiger partial charge in [-0.2, -0.15) is 0 Å². The van der Waals surface area contributed by atoms with Crippen LogP contribution >= 0.6 is 0 Å². The van der Waals surface area contributed by atoms with Gasteiger partial charge < -0.3 is 45.3 Å². The summed E-state index contributed by atoms with van der Waals surface area (Å²) in [5.41, 5.74) is 2.45. The number of nitrogen functional groups attached to an aromatic ring is 1. The summed E-state index contributed by atoms with van der Waals surface area (Å²) in [5.74, 6) is -4.88. The van der Waals surface area contributed by atoms with Crippen LogP contribution in [0, 0.1) is 0 Å². The number of phenols is 2. The highest BCUT2D eigenvalue weighted by Gasteiger charge is 2.53. The highest BCUT2D eigenvalue weighted by atomic mass is 16.7. The molecule has 4 heterocycles. The SMILES string of the molecule is C[C@@H]1OC(O[C@H]2C[C@](O)(C(=O)NCCN3C(=O)C=CC3=O)Cc3c(O)c4c(c(O)c32)C(=O)c2c(N)cccc2C4=O)C[C@H]2[C@@H]1O[C@@H]1COCCN12. The molecular formula is C35H36N4O12. The number of benzene rings is 2. The molecule has 6 N–H and O–H groups in total. The number of carbonyl (C=O) groups excluding carboxylic acids is 5. The zero-order valence-corrected chi connectivity index (χ0v) is 27.5. The lowest BCUT2D eigenvalue weighted by Gasteiger charge is -2.43. The van der Waals surface area contributed by atoms with Crippen LogP contribution in [0.3, 0.4) is 0 Å². The number of nitrogens with one attached hydrogen (secondary N) is 1. The minimum absolute atomic E-state index is 0.0133. The number of hydrogen-bond acceptors (Lipinski definition) is 14. The molecule has 2 aromatic carbocycles. The summed E-state index contributed by atoms with van der Waals surface area (Å²) in [4.78, 5) is 68.4. The van der Waals surface area contributed by atoms with E-state index in [4.69, 9.17) is 24.7 Å². The van der Waals surface area contributed by atoms with Gasteiger partial charge in [0.1, 0.15) is 29.4 Å². The molecule has 0 radical (unpaired) electrons. The number of imide groups is 1. The quantitative estimate of drug-likeness (QED) is 0.127. The van der Waals surface area contributed by atoms with Gasteiger partial charge in [-0.3, -0.25) is 33.8 Å². The summed E-state index contributed by atoms with van der Waals surface area (Å²) in [5, 5.41) is 38.1. The Morgan fingerprint density at radius 3 is 2.57 bits per heavy atom. The van der Waals surface area contributed by atoms with Crippen LogP contribution in [0.4, 0.5) is 5.69 Å². The smallest absolute Gasteiger partial charge is 0.253 e. The average molecular weight is 705 g/mol. The fourth-order valence-corrected chi connectivity index (χ4v) is 8.28. The van der Waals surface area contributed by atoms with Crippen molar-refractivity contribution in [2.45, 2.75) is 68.7 Å². The molecule has 6 aliphatic rings. The molecule has 16 nitrogen and oxygen atoms in total. The van der Waals surface area contributed by atoms with Gasteiger partial charge in [0, 0.05) is 79.5 Å². The number of phenolic OH excluding ortho intramolecular Hbond substituents is 2. The number of ether oxygens (including phenoxy) is 4. The topological polar surface area (TPSA) is 227 Å². The first kappa shape index (κ1) is 33.4. The molecule has 16 heteroatoms. The Balaban J connectivity index is 1.15. The van der Waals surface area contributed by atoms with E-state index in [9.17, 15) is 39.3 Å². The van der Waals surface area contributed by atoms with Crippen LogP contribution in [-0.2, 0) is 39.8 Å². The van der Waals surface area contributed by atoms with Gasteiger partial charge in [0.25, 0.3) is 17.7 Å². The second-order valence-corrected chi connectivity index (χ2v) is 13.7. The molecule has 4 aliphatic heterocycles. The minimum atomic E-state index is -2.29. The number of nitrogens with two attached hydrogens (primary N) is 1. The van der Waals surface area contributed by atoms with Crippen molar-refractivity contribution in [2.24, 2.45) is 0 Å². The number of hydrogen-bond donors (Lipinski definition) is 5. The Labute approximate surface area is 290 Å². The Morgan fingerprint density at radius 2 is 1.80 bits per heavy atom. The van der Waals surface area contributed by atoms with Crippen molar-refractivity contribution in [1.82, 2.24) is 15.1 Å². The van der Waals surface area contributed by atoms with Crippen molar-refractivity contribution in [1.29, 1.82) is 0 Å². The van der Waals surface area contributed by atoms with Crippen LogP contribution in [0.25, 0.3) is 0 Å². The summed E-state index contributed by atoms with van der Waals surface area (Å²) in [6.07, 6.45) is -1.75. The maximum Gasteiger partial charge on any atom is 0.253 e. The molecule has 2 aliphatic carbocycles. The van der Waals surface area contributed by atoms with E-state index in [2.05, 4.69) is 10.2 Å². The highest BCUT2D eigenvalue weighted by molar-refractivity contribution is 6.32. The molecule has 2 aromatic rings. The van der Waals surface area contributed by atoms with Gasteiger partial charge in [-0.05, 0) is 13.0 Å². The molecule has 1 unspecified atom stereocenters. The Kier molecular flexibility index (Phi) is 8.01. The monoisotopic (exact) mass is 704 g/mol. The molecule has 8 rings (SSSR count). The van der Waals surface area contributed by atoms with Gasteiger partial charge >= 0.3 is 0 Å². The molecule has 51 heavy (non-hydrogen) atoms. The third kappa shape index (κ3) is 5.24. The van der Waals surface area contributed by atoms with Crippen LogP contribution < -0.4 is 11.1 Å². The predicted molar refractivity (Wildman–Crippen MR) is 172 cm³/mol. The number of rotatable bonds is 6. The highest BCUT2D eigenvalue weighted by Crippen LogP contribution is 2.52. The lowest BCUT2D eigenvalue weighted by atomic mass is 9.72. The fraction of sp³-hybridized carbons (Fsp3) is 0.457. The minimum Gasteiger partial charge on any atom is -0.507 e. The van der Waals surface area contributed by atoms with Crippen LogP contribution in [0.15, 0.2) is 30.4 Å². The number of fused-ring (bicyclic) bond motifs is 6. The van der Waals surface area contributed by atoms with Crippen molar-refractivity contribution >= 4 is 35.0 Å². The van der Waals surface area contributed by atoms with E-state index in [1.807, 2.05) is 6.92 Å². The van der Waals surface area contributed by atoms with Crippen molar-refractivity contribution in [3.63, 3.8) is 0 Å². The second-order valence-electron chi connectivity index (χ2n) is 13.7. The largest absolute Gasteiger partial charge is 0.507 e. The molecule has 0 aromatic heterocycles. The Bertz CT molecular complexity index is 1910. The second kappa shape index (κ2) is 12.2. The Morgan fingerprint density at radius 1 is 1.06 bits per heavy atom.